The molecule has 0 aliphatic rings. The molecule has 1 amide bonds. The summed E-state index contributed by atoms with van der Waals surface area (Å²) < 4.78 is 6.48. The summed E-state index contributed by atoms with van der Waals surface area (Å²) in [7, 11) is 0. The predicted molar refractivity (Wildman–Crippen MR) is 100 cm³/mol. The van der Waals surface area contributed by atoms with Gasteiger partial charge < -0.3 is 15.2 Å². The summed E-state index contributed by atoms with van der Waals surface area (Å²) >= 11 is 3.35. The van der Waals surface area contributed by atoms with Crippen molar-refractivity contribution in [2.24, 2.45) is 5.92 Å². The standard InChI is InChI=1S/C19H20BrNO4/c1-12(2)9-10-25-17-8-7-13(20)11-15(17)18(22)21-16-6-4-3-5-14(16)19(23)24/h3-8,11-12H,9-10H2,1-2H3,(H,21,22)(H,23,24). The van der Waals surface area contributed by atoms with Crippen LogP contribution >= 0.6 is 15.9 Å². The molecule has 0 aliphatic carbocycles. The fourth-order valence-corrected chi connectivity index (χ4v) is 2.54. The quantitative estimate of drug-likeness (QED) is 0.691. The molecule has 0 aliphatic heterocycles. The van der Waals surface area contributed by atoms with Crippen LogP contribution in [0.3, 0.4) is 0 Å². The summed E-state index contributed by atoms with van der Waals surface area (Å²) in [5.74, 6) is -0.558. The van der Waals surface area contributed by atoms with E-state index in [1.165, 1.54) is 6.07 Å². The Morgan fingerprint density at radius 1 is 1.16 bits per heavy atom. The maximum atomic E-state index is 12.7. The molecule has 0 spiro atoms. The Morgan fingerprint density at radius 2 is 1.88 bits per heavy atom. The lowest BCUT2D eigenvalue weighted by atomic mass is 10.1. The zero-order valence-corrected chi connectivity index (χ0v) is 15.7. The zero-order chi connectivity index (χ0) is 18.4. The van der Waals surface area contributed by atoms with Crippen molar-refractivity contribution in [2.75, 3.05) is 11.9 Å². The van der Waals surface area contributed by atoms with Crippen LogP contribution in [0.25, 0.3) is 0 Å². The van der Waals surface area contributed by atoms with Gasteiger partial charge in [0.05, 0.1) is 23.4 Å². The molecule has 0 saturated heterocycles. The van der Waals surface area contributed by atoms with Gasteiger partial charge >= 0.3 is 5.97 Å². The van der Waals surface area contributed by atoms with Crippen molar-refractivity contribution >= 4 is 33.5 Å². The topological polar surface area (TPSA) is 75.6 Å². The average Bonchev–Trinajstić information content (AvgIpc) is 2.56. The van der Waals surface area contributed by atoms with Gasteiger partial charge in [0.1, 0.15) is 5.75 Å². The third-order valence-electron chi connectivity index (χ3n) is 3.54. The highest BCUT2D eigenvalue weighted by Crippen LogP contribution is 2.25. The number of carbonyl (C=O) groups excluding carboxylic acids is 1. The minimum Gasteiger partial charge on any atom is -0.493 e. The Kier molecular flexibility index (Phi) is 6.58. The molecule has 0 aromatic heterocycles. The fraction of sp³-hybridized carbons (Fsp3) is 0.263. The highest BCUT2D eigenvalue weighted by atomic mass is 79.9. The molecule has 2 aromatic rings. The molecule has 0 atom stereocenters. The third kappa shape index (κ3) is 5.32. The van der Waals surface area contributed by atoms with Gasteiger partial charge in [-0.15, -0.1) is 0 Å². The molecular formula is C19H20BrNO4. The van der Waals surface area contributed by atoms with E-state index in [9.17, 15) is 14.7 Å². The summed E-state index contributed by atoms with van der Waals surface area (Å²) in [6.07, 6.45) is 0.874. The average molecular weight is 406 g/mol. The van der Waals surface area contributed by atoms with Gasteiger partial charge in [-0.1, -0.05) is 41.9 Å². The molecule has 132 valence electrons. The van der Waals surface area contributed by atoms with Crippen LogP contribution in [0.4, 0.5) is 5.69 Å². The number of nitrogens with one attached hydrogen (secondary N) is 1. The number of rotatable bonds is 7. The monoisotopic (exact) mass is 405 g/mol. The van der Waals surface area contributed by atoms with Crippen molar-refractivity contribution in [3.8, 4) is 5.75 Å². The Bertz CT molecular complexity index is 774. The van der Waals surface area contributed by atoms with E-state index >= 15 is 0 Å². The molecular weight excluding hydrogens is 386 g/mol. The number of carbonyl (C=O) groups is 2. The van der Waals surface area contributed by atoms with Gasteiger partial charge in [-0.05, 0) is 42.7 Å². The molecule has 0 heterocycles. The number of halogens is 1. The second-order valence-electron chi connectivity index (χ2n) is 5.98. The highest BCUT2D eigenvalue weighted by molar-refractivity contribution is 9.10. The minimum absolute atomic E-state index is 0.0353. The number of carboxylic acid groups (broad SMARTS) is 1. The molecule has 2 aromatic carbocycles. The van der Waals surface area contributed by atoms with Crippen LogP contribution in [0.5, 0.6) is 5.75 Å². The van der Waals surface area contributed by atoms with E-state index in [0.29, 0.717) is 23.8 Å². The van der Waals surface area contributed by atoms with Crippen LogP contribution in [0.2, 0.25) is 0 Å². The molecule has 6 heteroatoms. The van der Waals surface area contributed by atoms with Crippen molar-refractivity contribution < 1.29 is 19.4 Å². The first-order valence-corrected chi connectivity index (χ1v) is 8.73. The maximum Gasteiger partial charge on any atom is 0.337 e. The van der Waals surface area contributed by atoms with Gasteiger partial charge in [0.25, 0.3) is 5.91 Å². The first kappa shape index (κ1) is 19.0. The lowest BCUT2D eigenvalue weighted by Gasteiger charge is -2.14. The van der Waals surface area contributed by atoms with Gasteiger partial charge in [0, 0.05) is 4.47 Å². The van der Waals surface area contributed by atoms with E-state index < -0.39 is 11.9 Å². The van der Waals surface area contributed by atoms with E-state index in [1.807, 2.05) is 0 Å². The number of amides is 1. The van der Waals surface area contributed by atoms with Crippen molar-refractivity contribution in [3.05, 3.63) is 58.1 Å². The van der Waals surface area contributed by atoms with Crippen LogP contribution in [0.15, 0.2) is 46.9 Å². The lowest BCUT2D eigenvalue weighted by Crippen LogP contribution is -2.16. The second kappa shape index (κ2) is 8.67. The number of benzene rings is 2. The number of anilines is 1. The van der Waals surface area contributed by atoms with Gasteiger partial charge in [-0.25, -0.2) is 4.79 Å². The third-order valence-corrected chi connectivity index (χ3v) is 4.04. The minimum atomic E-state index is -1.10. The molecule has 0 bridgehead atoms. The van der Waals surface area contributed by atoms with Crippen LogP contribution in [-0.2, 0) is 0 Å². The van der Waals surface area contributed by atoms with Gasteiger partial charge in [0.2, 0.25) is 0 Å². The highest BCUT2D eigenvalue weighted by Gasteiger charge is 2.17. The number of carboxylic acids is 1. The number of hydrogen-bond acceptors (Lipinski definition) is 3. The van der Waals surface area contributed by atoms with Crippen molar-refractivity contribution in [1.82, 2.24) is 0 Å². The van der Waals surface area contributed by atoms with Crippen LogP contribution < -0.4 is 10.1 Å². The Hall–Kier alpha value is -2.34. The smallest absolute Gasteiger partial charge is 0.337 e. The first-order valence-electron chi connectivity index (χ1n) is 7.94. The Morgan fingerprint density at radius 3 is 2.56 bits per heavy atom. The van der Waals surface area contributed by atoms with E-state index in [-0.39, 0.29) is 11.3 Å². The van der Waals surface area contributed by atoms with Gasteiger partial charge in [-0.3, -0.25) is 4.79 Å². The molecule has 0 fully saturated rings. The van der Waals surface area contributed by atoms with E-state index in [2.05, 4.69) is 35.1 Å². The molecule has 2 rings (SSSR count). The predicted octanol–water partition coefficient (Wildman–Crippen LogP) is 4.82. The van der Waals surface area contributed by atoms with E-state index in [1.54, 1.807) is 36.4 Å². The number of para-hydroxylation sites is 1. The Balaban J connectivity index is 2.24. The van der Waals surface area contributed by atoms with Gasteiger partial charge in [-0.2, -0.15) is 0 Å². The van der Waals surface area contributed by atoms with Crippen molar-refractivity contribution in [2.45, 2.75) is 20.3 Å². The first-order chi connectivity index (χ1) is 11.9. The van der Waals surface area contributed by atoms with Crippen molar-refractivity contribution in [1.29, 1.82) is 0 Å². The van der Waals surface area contributed by atoms with E-state index in [0.717, 1.165) is 10.9 Å². The fourth-order valence-electron chi connectivity index (χ4n) is 2.18. The number of ether oxygens (including phenoxy) is 1. The second-order valence-corrected chi connectivity index (χ2v) is 6.89. The zero-order valence-electron chi connectivity index (χ0n) is 14.1. The van der Waals surface area contributed by atoms with Crippen LogP contribution in [0.1, 0.15) is 41.0 Å². The molecule has 0 radical (unpaired) electrons. The SMILES string of the molecule is CC(C)CCOc1ccc(Br)cc1C(=O)Nc1ccccc1C(=O)O. The summed E-state index contributed by atoms with van der Waals surface area (Å²) in [6, 6.07) is 11.5. The molecule has 2 N–H and O–H groups in total. The van der Waals surface area contributed by atoms with Crippen LogP contribution in [-0.4, -0.2) is 23.6 Å². The summed E-state index contributed by atoms with van der Waals surface area (Å²) in [5.41, 5.74) is 0.625. The molecule has 0 saturated carbocycles. The van der Waals surface area contributed by atoms with Crippen LogP contribution in [0, 0.1) is 5.92 Å². The summed E-state index contributed by atoms with van der Waals surface area (Å²) in [6.45, 7) is 4.70. The molecule has 25 heavy (non-hydrogen) atoms. The normalized spacial score (nSPS) is 10.6. The summed E-state index contributed by atoms with van der Waals surface area (Å²) in [4.78, 5) is 23.9. The number of hydrogen-bond donors (Lipinski definition) is 2. The van der Waals surface area contributed by atoms with Crippen molar-refractivity contribution in [3.63, 3.8) is 0 Å². The molecule has 0 unspecified atom stereocenters. The maximum absolute atomic E-state index is 12.7. The van der Waals surface area contributed by atoms with E-state index in [4.69, 9.17) is 4.74 Å². The number of aromatic carboxylic acids is 1. The molecule has 5 nitrogen and oxygen atoms in total. The summed E-state index contributed by atoms with van der Waals surface area (Å²) in [5, 5.41) is 11.9. The van der Waals surface area contributed by atoms with Gasteiger partial charge in [0.15, 0.2) is 0 Å². The largest absolute Gasteiger partial charge is 0.493 e. The lowest BCUT2D eigenvalue weighted by molar-refractivity contribution is 0.0698. The Labute approximate surface area is 155 Å².